The maximum atomic E-state index is 12.4. The number of likely N-dealkylation sites (tertiary alicyclic amines) is 1. The third-order valence-electron chi connectivity index (χ3n) is 4.10. The molecule has 104 valence electrons. The Balaban J connectivity index is 1.80. The fraction of sp³-hybridized carbons (Fsp3) is 0.923. The van der Waals surface area contributed by atoms with Crippen molar-refractivity contribution in [3.8, 4) is 0 Å². The van der Waals surface area contributed by atoms with Gasteiger partial charge in [-0.3, -0.25) is 4.79 Å². The third-order valence-corrected chi connectivity index (χ3v) is 4.10. The molecule has 0 atom stereocenters. The zero-order valence-corrected chi connectivity index (χ0v) is 10.9. The molecule has 0 spiro atoms. The zero-order valence-electron chi connectivity index (χ0n) is 10.9. The zero-order chi connectivity index (χ0) is 13.0. The second kappa shape index (κ2) is 5.99. The molecule has 2 aliphatic rings. The molecule has 18 heavy (non-hydrogen) atoms. The average molecular weight is 256 g/mol. The van der Waals surface area contributed by atoms with Gasteiger partial charge in [-0.05, 0) is 25.7 Å². The Hall–Kier alpha value is -0.650. The van der Waals surface area contributed by atoms with Crippen molar-refractivity contribution in [2.45, 2.75) is 50.2 Å². The second-order valence-electron chi connectivity index (χ2n) is 5.45. The Morgan fingerprint density at radius 1 is 1.33 bits per heavy atom. The van der Waals surface area contributed by atoms with E-state index in [2.05, 4.69) is 0 Å². The molecule has 5 heteroatoms. The number of carbonyl (C=O) groups is 1. The third kappa shape index (κ3) is 3.02. The van der Waals surface area contributed by atoms with E-state index in [0.29, 0.717) is 6.61 Å². The van der Waals surface area contributed by atoms with E-state index in [1.54, 1.807) is 0 Å². The first-order valence-electron chi connectivity index (χ1n) is 6.96. The van der Waals surface area contributed by atoms with E-state index in [-0.39, 0.29) is 18.6 Å². The molecule has 0 aromatic heterocycles. The number of aliphatic hydroxyl groups is 1. The summed E-state index contributed by atoms with van der Waals surface area (Å²) in [5, 5.41) is 8.71. The fourth-order valence-electron chi connectivity index (χ4n) is 2.98. The van der Waals surface area contributed by atoms with Crippen molar-refractivity contribution < 1.29 is 14.6 Å². The molecule has 0 bridgehead atoms. The van der Waals surface area contributed by atoms with Crippen LogP contribution in [0.1, 0.15) is 38.5 Å². The number of nitrogens with zero attached hydrogens (tertiary/aromatic N) is 1. The van der Waals surface area contributed by atoms with Gasteiger partial charge in [0, 0.05) is 13.1 Å². The molecular weight excluding hydrogens is 232 g/mol. The Morgan fingerprint density at radius 3 is 2.50 bits per heavy atom. The van der Waals surface area contributed by atoms with Gasteiger partial charge in [0.25, 0.3) is 0 Å². The highest BCUT2D eigenvalue weighted by Gasteiger charge is 2.40. The minimum atomic E-state index is -0.598. The summed E-state index contributed by atoms with van der Waals surface area (Å²) in [6.45, 7) is 1.91. The predicted molar refractivity (Wildman–Crippen MR) is 68.0 cm³/mol. The molecule has 0 aromatic rings. The van der Waals surface area contributed by atoms with Crippen LogP contribution in [0.3, 0.4) is 0 Å². The number of amides is 1. The monoisotopic (exact) mass is 256 g/mol. The smallest absolute Gasteiger partial charge is 0.242 e. The first-order valence-corrected chi connectivity index (χ1v) is 6.96. The minimum Gasteiger partial charge on any atom is -0.394 e. The van der Waals surface area contributed by atoms with Crippen molar-refractivity contribution in [3.05, 3.63) is 0 Å². The lowest BCUT2D eigenvalue weighted by molar-refractivity contribution is -0.139. The van der Waals surface area contributed by atoms with Crippen molar-refractivity contribution >= 4 is 5.91 Å². The average Bonchev–Trinajstić information content (AvgIpc) is 2.84. The van der Waals surface area contributed by atoms with Crippen molar-refractivity contribution in [2.24, 2.45) is 5.73 Å². The van der Waals surface area contributed by atoms with E-state index in [1.165, 1.54) is 0 Å². The van der Waals surface area contributed by atoms with Crippen LogP contribution in [-0.4, -0.2) is 53.9 Å². The van der Waals surface area contributed by atoms with E-state index >= 15 is 0 Å². The number of piperidine rings is 1. The summed E-state index contributed by atoms with van der Waals surface area (Å²) in [6.07, 6.45) is 5.67. The van der Waals surface area contributed by atoms with Crippen molar-refractivity contribution in [2.75, 3.05) is 26.3 Å². The maximum Gasteiger partial charge on any atom is 0.242 e. The lowest BCUT2D eigenvalue weighted by Crippen LogP contribution is -2.55. The van der Waals surface area contributed by atoms with Crippen LogP contribution >= 0.6 is 0 Å². The van der Waals surface area contributed by atoms with E-state index in [9.17, 15) is 4.79 Å². The van der Waals surface area contributed by atoms with Crippen LogP contribution in [0.25, 0.3) is 0 Å². The van der Waals surface area contributed by atoms with Gasteiger partial charge in [-0.1, -0.05) is 12.8 Å². The largest absolute Gasteiger partial charge is 0.394 e. The highest BCUT2D eigenvalue weighted by atomic mass is 16.5. The Bertz CT molecular complexity index is 282. The summed E-state index contributed by atoms with van der Waals surface area (Å²) in [5.41, 5.74) is 5.59. The first-order chi connectivity index (χ1) is 8.65. The quantitative estimate of drug-likeness (QED) is 0.756. The number of rotatable bonds is 4. The van der Waals surface area contributed by atoms with Gasteiger partial charge >= 0.3 is 0 Å². The van der Waals surface area contributed by atoms with Crippen molar-refractivity contribution in [1.29, 1.82) is 0 Å². The summed E-state index contributed by atoms with van der Waals surface area (Å²) in [5.74, 6) is 0.126. The van der Waals surface area contributed by atoms with Gasteiger partial charge in [0.05, 0.1) is 24.9 Å². The first kappa shape index (κ1) is 13.8. The molecule has 2 rings (SSSR count). The molecule has 1 amide bonds. The highest BCUT2D eigenvalue weighted by Crippen LogP contribution is 2.30. The van der Waals surface area contributed by atoms with Crippen molar-refractivity contribution in [1.82, 2.24) is 4.90 Å². The van der Waals surface area contributed by atoms with Crippen LogP contribution in [-0.2, 0) is 9.53 Å². The van der Waals surface area contributed by atoms with Crippen LogP contribution in [0.4, 0.5) is 0 Å². The molecule has 5 nitrogen and oxygen atoms in total. The van der Waals surface area contributed by atoms with Gasteiger partial charge in [-0.2, -0.15) is 0 Å². The summed E-state index contributed by atoms with van der Waals surface area (Å²) in [6, 6.07) is 0. The van der Waals surface area contributed by atoms with Gasteiger partial charge in [-0.25, -0.2) is 0 Å². The van der Waals surface area contributed by atoms with Gasteiger partial charge in [0.1, 0.15) is 0 Å². The normalized spacial score (nSPS) is 24.4. The van der Waals surface area contributed by atoms with Gasteiger partial charge in [0.15, 0.2) is 0 Å². The van der Waals surface area contributed by atoms with Gasteiger partial charge < -0.3 is 20.5 Å². The molecule has 1 saturated heterocycles. The van der Waals surface area contributed by atoms with E-state index in [0.717, 1.165) is 51.6 Å². The van der Waals surface area contributed by atoms with Crippen LogP contribution in [0.2, 0.25) is 0 Å². The number of hydrogen-bond donors (Lipinski definition) is 2. The number of ether oxygens (including phenoxy) is 1. The summed E-state index contributed by atoms with van der Waals surface area (Å²) in [7, 11) is 0. The number of hydrogen-bond acceptors (Lipinski definition) is 4. The number of nitrogens with two attached hydrogens (primary N) is 1. The van der Waals surface area contributed by atoms with Crippen LogP contribution in [0, 0.1) is 0 Å². The van der Waals surface area contributed by atoms with Gasteiger partial charge in [-0.15, -0.1) is 0 Å². The molecule has 0 radical (unpaired) electrons. The SMILES string of the molecule is NC1(C(=O)N2CCC(OCCO)CC2)CCCC1. The summed E-state index contributed by atoms with van der Waals surface area (Å²) >= 11 is 0. The topological polar surface area (TPSA) is 75.8 Å². The van der Waals surface area contributed by atoms with Crippen LogP contribution in [0.5, 0.6) is 0 Å². The second-order valence-corrected chi connectivity index (χ2v) is 5.45. The predicted octanol–water partition coefficient (Wildman–Crippen LogP) is 0.258. The lowest BCUT2D eigenvalue weighted by Gasteiger charge is -2.36. The van der Waals surface area contributed by atoms with E-state index in [4.69, 9.17) is 15.6 Å². The van der Waals surface area contributed by atoms with Gasteiger partial charge in [0.2, 0.25) is 5.91 Å². The Kier molecular flexibility index (Phi) is 4.59. The van der Waals surface area contributed by atoms with Crippen molar-refractivity contribution in [3.63, 3.8) is 0 Å². The molecule has 2 fully saturated rings. The molecule has 1 aliphatic carbocycles. The van der Waals surface area contributed by atoms with E-state index in [1.807, 2.05) is 4.90 Å². The lowest BCUT2D eigenvalue weighted by atomic mass is 9.95. The highest BCUT2D eigenvalue weighted by molar-refractivity contribution is 5.86. The van der Waals surface area contributed by atoms with Crippen LogP contribution in [0.15, 0.2) is 0 Å². The minimum absolute atomic E-state index is 0.0606. The fourth-order valence-corrected chi connectivity index (χ4v) is 2.98. The molecular formula is C13H24N2O3. The summed E-state index contributed by atoms with van der Waals surface area (Å²) < 4.78 is 5.49. The Morgan fingerprint density at radius 2 is 1.94 bits per heavy atom. The molecule has 1 heterocycles. The van der Waals surface area contributed by atoms with Crippen LogP contribution < -0.4 is 5.73 Å². The molecule has 0 unspecified atom stereocenters. The maximum absolute atomic E-state index is 12.4. The Labute approximate surface area is 108 Å². The molecule has 1 aliphatic heterocycles. The molecule has 3 N–H and O–H groups in total. The standard InChI is InChI=1S/C13H24N2O3/c14-13(5-1-2-6-13)12(17)15-7-3-11(4-8-15)18-10-9-16/h11,16H,1-10,14H2. The molecule has 0 aromatic carbocycles. The number of carbonyl (C=O) groups excluding carboxylic acids is 1. The molecule has 1 saturated carbocycles. The number of aliphatic hydroxyl groups excluding tert-OH is 1. The summed E-state index contributed by atoms with van der Waals surface area (Å²) in [4.78, 5) is 14.3. The van der Waals surface area contributed by atoms with E-state index < -0.39 is 5.54 Å².